The van der Waals surface area contributed by atoms with Crippen LogP contribution in [0.3, 0.4) is 0 Å². The van der Waals surface area contributed by atoms with Gasteiger partial charge in [0.2, 0.25) is 5.91 Å². The van der Waals surface area contributed by atoms with Crippen LogP contribution in [0.5, 0.6) is 0 Å². The molecule has 1 aromatic carbocycles. The largest absolute Gasteiger partial charge is 0.361 e. The number of amides is 1. The van der Waals surface area contributed by atoms with Crippen molar-refractivity contribution in [1.82, 2.24) is 10.5 Å². The van der Waals surface area contributed by atoms with E-state index in [0.29, 0.717) is 31.4 Å². The first-order valence-electron chi connectivity index (χ1n) is 8.41. The fourth-order valence-corrected chi connectivity index (χ4v) is 3.12. The summed E-state index contributed by atoms with van der Waals surface area (Å²) in [6.45, 7) is 5.34. The van der Waals surface area contributed by atoms with E-state index in [1.165, 1.54) is 0 Å². The monoisotopic (exact) mass is 331 g/mol. The van der Waals surface area contributed by atoms with Crippen molar-refractivity contribution in [1.29, 1.82) is 0 Å². The SMILES string of the molecule is CCc1noc(CC)c1CC(=O)Nc1ccc2c(c1F)CCNC2. The average Bonchev–Trinajstić information content (AvgIpc) is 2.99. The summed E-state index contributed by atoms with van der Waals surface area (Å²) in [5, 5.41) is 9.91. The Labute approximate surface area is 140 Å². The average molecular weight is 331 g/mol. The maximum atomic E-state index is 14.6. The quantitative estimate of drug-likeness (QED) is 0.884. The van der Waals surface area contributed by atoms with Gasteiger partial charge in [-0.05, 0) is 36.6 Å². The number of nitrogens with one attached hydrogen (secondary N) is 2. The molecule has 1 aliphatic rings. The normalized spacial score (nSPS) is 13.6. The predicted octanol–water partition coefficient (Wildman–Crippen LogP) is 2.77. The number of anilines is 1. The molecule has 0 atom stereocenters. The summed E-state index contributed by atoms with van der Waals surface area (Å²) in [5.74, 6) is 0.147. The standard InChI is InChI=1S/C18H22FN3O2/c1-3-14-13(16(4-2)24-22-14)9-17(23)21-15-6-5-11-10-20-8-7-12(11)18(15)19/h5-6,20H,3-4,7-10H2,1-2H3,(H,21,23). The smallest absolute Gasteiger partial charge is 0.229 e. The summed E-state index contributed by atoms with van der Waals surface area (Å²) in [7, 11) is 0. The molecule has 5 nitrogen and oxygen atoms in total. The van der Waals surface area contributed by atoms with Crippen LogP contribution in [0, 0.1) is 5.82 Å². The maximum Gasteiger partial charge on any atom is 0.229 e. The third kappa shape index (κ3) is 3.19. The molecule has 0 radical (unpaired) electrons. The van der Waals surface area contributed by atoms with Crippen molar-refractivity contribution >= 4 is 11.6 Å². The van der Waals surface area contributed by atoms with Crippen molar-refractivity contribution in [3.63, 3.8) is 0 Å². The number of rotatable bonds is 5. The topological polar surface area (TPSA) is 67.2 Å². The molecule has 1 amide bonds. The molecular formula is C18H22FN3O2. The highest BCUT2D eigenvalue weighted by Crippen LogP contribution is 2.25. The molecule has 1 aromatic heterocycles. The third-order valence-electron chi connectivity index (χ3n) is 4.43. The Morgan fingerprint density at radius 2 is 2.21 bits per heavy atom. The molecule has 0 saturated heterocycles. The van der Waals surface area contributed by atoms with Gasteiger partial charge in [0.15, 0.2) is 0 Å². The Morgan fingerprint density at radius 3 is 2.96 bits per heavy atom. The van der Waals surface area contributed by atoms with Crippen molar-refractivity contribution in [2.24, 2.45) is 0 Å². The fraction of sp³-hybridized carbons (Fsp3) is 0.444. The molecule has 2 aromatic rings. The number of aryl methyl sites for hydroxylation is 2. The summed E-state index contributed by atoms with van der Waals surface area (Å²) in [6.07, 6.45) is 2.16. The van der Waals surface area contributed by atoms with Gasteiger partial charge in [-0.15, -0.1) is 0 Å². The highest BCUT2D eigenvalue weighted by molar-refractivity contribution is 5.92. The second kappa shape index (κ2) is 7.13. The fourth-order valence-electron chi connectivity index (χ4n) is 3.12. The summed E-state index contributed by atoms with van der Waals surface area (Å²) in [4.78, 5) is 12.4. The Morgan fingerprint density at radius 1 is 1.38 bits per heavy atom. The number of carbonyl (C=O) groups excluding carboxylic acids is 1. The number of hydrogen-bond acceptors (Lipinski definition) is 4. The van der Waals surface area contributed by atoms with Crippen molar-refractivity contribution in [3.05, 3.63) is 46.1 Å². The van der Waals surface area contributed by atoms with Crippen molar-refractivity contribution in [3.8, 4) is 0 Å². The zero-order valence-electron chi connectivity index (χ0n) is 14.0. The van der Waals surface area contributed by atoms with Gasteiger partial charge in [-0.3, -0.25) is 4.79 Å². The Kier molecular flexibility index (Phi) is 4.94. The molecule has 2 heterocycles. The molecule has 0 bridgehead atoms. The molecule has 128 valence electrons. The minimum atomic E-state index is -0.320. The van der Waals surface area contributed by atoms with Crippen molar-refractivity contribution < 1.29 is 13.7 Å². The van der Waals surface area contributed by atoms with E-state index in [9.17, 15) is 9.18 Å². The highest BCUT2D eigenvalue weighted by Gasteiger charge is 2.20. The van der Waals surface area contributed by atoms with Gasteiger partial charge in [0, 0.05) is 18.5 Å². The van der Waals surface area contributed by atoms with E-state index in [0.717, 1.165) is 29.1 Å². The van der Waals surface area contributed by atoms with Gasteiger partial charge in [0.05, 0.1) is 17.8 Å². The second-order valence-electron chi connectivity index (χ2n) is 5.95. The van der Waals surface area contributed by atoms with E-state index in [-0.39, 0.29) is 23.8 Å². The van der Waals surface area contributed by atoms with E-state index in [1.807, 2.05) is 19.9 Å². The lowest BCUT2D eigenvalue weighted by Crippen LogP contribution is -2.25. The van der Waals surface area contributed by atoms with Crippen LogP contribution in [0.15, 0.2) is 16.7 Å². The molecular weight excluding hydrogens is 309 g/mol. The number of aromatic nitrogens is 1. The van der Waals surface area contributed by atoms with Gasteiger partial charge in [-0.1, -0.05) is 25.1 Å². The van der Waals surface area contributed by atoms with Crippen LogP contribution in [0.4, 0.5) is 10.1 Å². The highest BCUT2D eigenvalue weighted by atomic mass is 19.1. The number of benzene rings is 1. The maximum absolute atomic E-state index is 14.6. The van der Waals surface area contributed by atoms with Gasteiger partial charge >= 0.3 is 0 Å². The van der Waals surface area contributed by atoms with Crippen LogP contribution < -0.4 is 10.6 Å². The van der Waals surface area contributed by atoms with Crippen LogP contribution in [-0.4, -0.2) is 17.6 Å². The van der Waals surface area contributed by atoms with Crippen molar-refractivity contribution in [2.75, 3.05) is 11.9 Å². The zero-order chi connectivity index (χ0) is 17.1. The van der Waals surface area contributed by atoms with Gasteiger partial charge in [0.1, 0.15) is 11.6 Å². The van der Waals surface area contributed by atoms with E-state index in [2.05, 4.69) is 15.8 Å². The molecule has 3 rings (SSSR count). The Balaban J connectivity index is 1.77. The Hall–Kier alpha value is -2.21. The van der Waals surface area contributed by atoms with Crippen molar-refractivity contribution in [2.45, 2.75) is 46.1 Å². The van der Waals surface area contributed by atoms with Crippen LogP contribution in [-0.2, 0) is 37.0 Å². The molecule has 0 unspecified atom stereocenters. The molecule has 0 spiro atoms. The Bertz CT molecular complexity index is 733. The van der Waals surface area contributed by atoms with Crippen LogP contribution >= 0.6 is 0 Å². The van der Waals surface area contributed by atoms with E-state index in [1.54, 1.807) is 6.07 Å². The summed E-state index contributed by atoms with van der Waals surface area (Å²) in [5.41, 5.74) is 3.50. The first-order chi connectivity index (χ1) is 11.6. The van der Waals surface area contributed by atoms with Gasteiger partial charge < -0.3 is 15.2 Å². The number of nitrogens with zero attached hydrogens (tertiary/aromatic N) is 1. The molecule has 1 aliphatic heterocycles. The predicted molar refractivity (Wildman–Crippen MR) is 89.4 cm³/mol. The van der Waals surface area contributed by atoms with Gasteiger partial charge in [0.25, 0.3) is 0 Å². The second-order valence-corrected chi connectivity index (χ2v) is 5.95. The molecule has 2 N–H and O–H groups in total. The van der Waals surface area contributed by atoms with Gasteiger partial charge in [-0.2, -0.15) is 0 Å². The van der Waals surface area contributed by atoms with Crippen LogP contribution in [0.1, 0.15) is 42.0 Å². The molecule has 24 heavy (non-hydrogen) atoms. The number of halogens is 1. The lowest BCUT2D eigenvalue weighted by molar-refractivity contribution is -0.115. The van der Waals surface area contributed by atoms with E-state index >= 15 is 0 Å². The first-order valence-corrected chi connectivity index (χ1v) is 8.41. The summed E-state index contributed by atoms with van der Waals surface area (Å²) in [6, 6.07) is 3.50. The summed E-state index contributed by atoms with van der Waals surface area (Å²) >= 11 is 0. The number of hydrogen-bond donors (Lipinski definition) is 2. The van der Waals surface area contributed by atoms with Gasteiger partial charge in [-0.25, -0.2) is 4.39 Å². The number of fused-ring (bicyclic) bond motifs is 1. The molecule has 0 aliphatic carbocycles. The minimum Gasteiger partial charge on any atom is -0.361 e. The van der Waals surface area contributed by atoms with E-state index < -0.39 is 0 Å². The number of carbonyl (C=O) groups is 1. The van der Waals surface area contributed by atoms with Crippen LogP contribution in [0.2, 0.25) is 0 Å². The van der Waals surface area contributed by atoms with E-state index in [4.69, 9.17) is 4.52 Å². The van der Waals surface area contributed by atoms with Crippen LogP contribution in [0.25, 0.3) is 0 Å². The third-order valence-corrected chi connectivity index (χ3v) is 4.43. The lowest BCUT2D eigenvalue weighted by Gasteiger charge is -2.19. The molecule has 0 saturated carbocycles. The first kappa shape index (κ1) is 16.6. The summed E-state index contributed by atoms with van der Waals surface area (Å²) < 4.78 is 19.9. The minimum absolute atomic E-state index is 0.147. The molecule has 6 heteroatoms. The molecule has 0 fully saturated rings. The zero-order valence-corrected chi connectivity index (χ0v) is 14.0. The lowest BCUT2D eigenvalue weighted by atomic mass is 9.99.